The average Bonchev–Trinajstić information content (AvgIpc) is 2.29. The molecule has 4 nitrogen and oxygen atoms in total. The lowest BCUT2D eigenvalue weighted by atomic mass is 9.91. The second-order valence-corrected chi connectivity index (χ2v) is 5.71. The Balaban J connectivity index is 1.87. The van der Waals surface area contributed by atoms with Crippen molar-refractivity contribution >= 4 is 5.91 Å². The van der Waals surface area contributed by atoms with Crippen molar-refractivity contribution in [2.75, 3.05) is 13.2 Å². The van der Waals surface area contributed by atoms with Gasteiger partial charge in [0.1, 0.15) is 0 Å². The molecule has 2 fully saturated rings. The Morgan fingerprint density at radius 1 is 1.35 bits per heavy atom. The van der Waals surface area contributed by atoms with Gasteiger partial charge in [-0.15, -0.1) is 0 Å². The van der Waals surface area contributed by atoms with E-state index in [0.29, 0.717) is 6.04 Å². The highest BCUT2D eigenvalue weighted by atomic mass is 16.5. The van der Waals surface area contributed by atoms with E-state index in [9.17, 15) is 4.79 Å². The van der Waals surface area contributed by atoms with Crippen molar-refractivity contribution < 1.29 is 9.53 Å². The molecule has 0 saturated carbocycles. The van der Waals surface area contributed by atoms with Crippen LogP contribution in [0.4, 0.5) is 0 Å². The monoisotopic (exact) mass is 240 g/mol. The van der Waals surface area contributed by atoms with Crippen LogP contribution >= 0.6 is 0 Å². The summed E-state index contributed by atoms with van der Waals surface area (Å²) in [6.45, 7) is 5.78. The Morgan fingerprint density at radius 2 is 2.06 bits per heavy atom. The fourth-order valence-corrected chi connectivity index (χ4v) is 2.68. The first kappa shape index (κ1) is 12.8. The van der Waals surface area contributed by atoms with Crippen LogP contribution in [0.5, 0.6) is 0 Å². The lowest BCUT2D eigenvalue weighted by molar-refractivity contribution is -0.126. The van der Waals surface area contributed by atoms with Crippen LogP contribution < -0.4 is 10.6 Å². The van der Waals surface area contributed by atoms with E-state index in [2.05, 4.69) is 24.5 Å². The molecule has 2 unspecified atom stereocenters. The zero-order valence-corrected chi connectivity index (χ0v) is 10.9. The van der Waals surface area contributed by atoms with Gasteiger partial charge < -0.3 is 15.4 Å². The molecule has 0 bridgehead atoms. The van der Waals surface area contributed by atoms with Gasteiger partial charge in [0.2, 0.25) is 5.91 Å². The van der Waals surface area contributed by atoms with Gasteiger partial charge in [-0.05, 0) is 46.0 Å². The molecule has 2 saturated heterocycles. The fraction of sp³-hybridized carbons (Fsp3) is 0.923. The van der Waals surface area contributed by atoms with E-state index in [1.54, 1.807) is 0 Å². The van der Waals surface area contributed by atoms with E-state index in [1.165, 1.54) is 6.42 Å². The molecule has 0 aromatic rings. The van der Waals surface area contributed by atoms with Gasteiger partial charge in [0.15, 0.2) is 0 Å². The minimum absolute atomic E-state index is 0.00146. The van der Waals surface area contributed by atoms with Gasteiger partial charge in [-0.25, -0.2) is 0 Å². The van der Waals surface area contributed by atoms with Gasteiger partial charge in [-0.3, -0.25) is 4.79 Å². The van der Waals surface area contributed by atoms with E-state index in [1.807, 2.05) is 0 Å². The number of nitrogens with one attached hydrogen (secondary N) is 2. The molecule has 0 aromatic carbocycles. The van der Waals surface area contributed by atoms with Crippen molar-refractivity contribution in [3.05, 3.63) is 0 Å². The predicted octanol–water partition coefficient (Wildman–Crippen LogP) is 1.20. The maximum atomic E-state index is 12.2. The third-order valence-electron chi connectivity index (χ3n) is 3.95. The number of carbonyl (C=O) groups is 1. The Kier molecular flexibility index (Phi) is 4.05. The Bertz CT molecular complexity index is 275. The summed E-state index contributed by atoms with van der Waals surface area (Å²) in [5, 5.41) is 6.58. The lowest BCUT2D eigenvalue weighted by Crippen LogP contribution is -2.57. The summed E-state index contributed by atoms with van der Waals surface area (Å²) in [6.07, 6.45) is 5.12. The molecule has 2 aliphatic heterocycles. The smallest absolute Gasteiger partial charge is 0.237 e. The first-order valence-electron chi connectivity index (χ1n) is 6.75. The van der Waals surface area contributed by atoms with Gasteiger partial charge in [0.05, 0.1) is 6.04 Å². The third kappa shape index (κ3) is 3.42. The van der Waals surface area contributed by atoms with Crippen LogP contribution in [0.25, 0.3) is 0 Å². The largest absolute Gasteiger partial charge is 0.381 e. The maximum absolute atomic E-state index is 12.2. The van der Waals surface area contributed by atoms with Crippen molar-refractivity contribution in [1.29, 1.82) is 0 Å². The number of hydrogen-bond donors (Lipinski definition) is 2. The fourth-order valence-electron chi connectivity index (χ4n) is 2.68. The molecule has 98 valence electrons. The summed E-state index contributed by atoms with van der Waals surface area (Å²) in [5.74, 6) is 0.168. The number of rotatable bonds is 2. The number of hydrogen-bond acceptors (Lipinski definition) is 3. The molecule has 0 aromatic heterocycles. The molecule has 0 spiro atoms. The summed E-state index contributed by atoms with van der Waals surface area (Å²) < 4.78 is 5.34. The minimum Gasteiger partial charge on any atom is -0.381 e. The Hall–Kier alpha value is -0.610. The minimum atomic E-state index is -0.0717. The number of amides is 1. The molecular formula is C13H24N2O2. The predicted molar refractivity (Wildman–Crippen MR) is 66.8 cm³/mol. The zero-order valence-electron chi connectivity index (χ0n) is 10.9. The van der Waals surface area contributed by atoms with Gasteiger partial charge >= 0.3 is 0 Å². The van der Waals surface area contributed by atoms with Crippen LogP contribution in [0, 0.1) is 0 Å². The van der Waals surface area contributed by atoms with E-state index >= 15 is 0 Å². The van der Waals surface area contributed by atoms with Gasteiger partial charge in [0, 0.05) is 24.8 Å². The molecule has 2 N–H and O–H groups in total. The second kappa shape index (κ2) is 5.36. The van der Waals surface area contributed by atoms with Crippen LogP contribution in [0.2, 0.25) is 0 Å². The molecule has 4 heteroatoms. The van der Waals surface area contributed by atoms with Crippen LogP contribution in [0.15, 0.2) is 0 Å². The van der Waals surface area contributed by atoms with Gasteiger partial charge in [-0.1, -0.05) is 0 Å². The summed E-state index contributed by atoms with van der Waals surface area (Å²) in [6, 6.07) is 0.459. The summed E-state index contributed by atoms with van der Waals surface area (Å²) >= 11 is 0. The maximum Gasteiger partial charge on any atom is 0.237 e. The number of piperidine rings is 1. The molecule has 2 heterocycles. The molecule has 17 heavy (non-hydrogen) atoms. The van der Waals surface area contributed by atoms with Crippen molar-refractivity contribution in [2.45, 2.75) is 63.6 Å². The van der Waals surface area contributed by atoms with Gasteiger partial charge in [0.25, 0.3) is 0 Å². The standard InChI is InChI=1S/C13H24N2O2/c1-10-4-3-5-11(14-10)12(16)15-13(2)6-8-17-9-7-13/h10-11,14H,3-9H2,1-2H3,(H,15,16). The molecule has 2 atom stereocenters. The van der Waals surface area contributed by atoms with Gasteiger partial charge in [-0.2, -0.15) is 0 Å². The van der Waals surface area contributed by atoms with E-state index in [0.717, 1.165) is 38.9 Å². The van der Waals surface area contributed by atoms with E-state index < -0.39 is 0 Å². The zero-order chi connectivity index (χ0) is 12.3. The average molecular weight is 240 g/mol. The van der Waals surface area contributed by atoms with E-state index in [4.69, 9.17) is 4.74 Å². The van der Waals surface area contributed by atoms with Crippen molar-refractivity contribution in [3.63, 3.8) is 0 Å². The van der Waals surface area contributed by atoms with Crippen molar-refractivity contribution in [3.8, 4) is 0 Å². The quantitative estimate of drug-likeness (QED) is 0.762. The summed E-state index contributed by atoms with van der Waals surface area (Å²) in [7, 11) is 0. The van der Waals surface area contributed by atoms with Crippen LogP contribution in [0.1, 0.15) is 46.0 Å². The first-order valence-corrected chi connectivity index (χ1v) is 6.75. The third-order valence-corrected chi connectivity index (χ3v) is 3.95. The molecule has 2 aliphatic rings. The Morgan fingerprint density at radius 3 is 2.71 bits per heavy atom. The lowest BCUT2D eigenvalue weighted by Gasteiger charge is -2.37. The second-order valence-electron chi connectivity index (χ2n) is 5.71. The highest BCUT2D eigenvalue weighted by Gasteiger charge is 2.32. The van der Waals surface area contributed by atoms with E-state index in [-0.39, 0.29) is 17.5 Å². The summed E-state index contributed by atoms with van der Waals surface area (Å²) in [5.41, 5.74) is -0.0717. The van der Waals surface area contributed by atoms with Crippen molar-refractivity contribution in [1.82, 2.24) is 10.6 Å². The molecule has 0 aliphatic carbocycles. The molecular weight excluding hydrogens is 216 g/mol. The van der Waals surface area contributed by atoms with Crippen LogP contribution in [-0.2, 0) is 9.53 Å². The van der Waals surface area contributed by atoms with Crippen LogP contribution in [0.3, 0.4) is 0 Å². The highest BCUT2D eigenvalue weighted by molar-refractivity contribution is 5.82. The number of ether oxygens (including phenoxy) is 1. The van der Waals surface area contributed by atoms with Crippen LogP contribution in [-0.4, -0.2) is 36.7 Å². The van der Waals surface area contributed by atoms with Crippen molar-refractivity contribution in [2.24, 2.45) is 0 Å². The Labute approximate surface area is 103 Å². The number of carbonyl (C=O) groups excluding carboxylic acids is 1. The summed E-state index contributed by atoms with van der Waals surface area (Å²) in [4.78, 5) is 12.2. The SMILES string of the molecule is CC1CCCC(C(=O)NC2(C)CCOCC2)N1. The molecule has 2 rings (SSSR count). The first-order chi connectivity index (χ1) is 8.09. The highest BCUT2D eigenvalue weighted by Crippen LogP contribution is 2.21. The molecule has 0 radical (unpaired) electrons. The topological polar surface area (TPSA) is 50.4 Å². The normalized spacial score (nSPS) is 33.1. The molecule has 1 amide bonds.